The van der Waals surface area contributed by atoms with Crippen molar-refractivity contribution >= 4 is 25.4 Å². The van der Waals surface area contributed by atoms with E-state index in [0.29, 0.717) is 33.8 Å². The maximum absolute atomic E-state index is 13.6. The predicted octanol–water partition coefficient (Wildman–Crippen LogP) is 8.40. The van der Waals surface area contributed by atoms with Crippen molar-refractivity contribution in [2.24, 2.45) is 0 Å². The van der Waals surface area contributed by atoms with Gasteiger partial charge in [0.2, 0.25) is 0 Å². The number of halogens is 2. The Kier molecular flexibility index (Phi) is 9.69. The second-order valence-electron chi connectivity index (χ2n) is 15.5. The largest absolute Gasteiger partial charge is 0.444 e. The van der Waals surface area contributed by atoms with E-state index in [9.17, 15) is 18.7 Å². The zero-order valence-corrected chi connectivity index (χ0v) is 30.9. The zero-order chi connectivity index (χ0) is 36.1. The standard InChI is InChI=1S/C36H47F2N5O5Si/c1-34(2,3)47-33(45)42-25-17-27(29-22(20-44)12-11-13-28(29)46-32(37)38)43-26-16-21(14-15-24(26)41-30(25)43)23-18-39-31(40-19-23)36(7,8)48-49(9,10)35(4,5)6/h11-16,18-19,25,27,32,44H,17,20H2,1-10H3,(H,42,45)/t25-,27?/m1/s1. The van der Waals surface area contributed by atoms with E-state index >= 15 is 0 Å². The average molecular weight is 696 g/mol. The molecule has 5 rings (SSSR count). The average Bonchev–Trinajstić information content (AvgIpc) is 3.52. The van der Waals surface area contributed by atoms with Crippen LogP contribution in [0.1, 0.15) is 96.7 Å². The Morgan fingerprint density at radius 2 is 1.71 bits per heavy atom. The van der Waals surface area contributed by atoms with Crippen molar-refractivity contribution in [3.63, 3.8) is 0 Å². The summed E-state index contributed by atoms with van der Waals surface area (Å²) < 4.78 is 46.3. The molecule has 0 saturated carbocycles. The van der Waals surface area contributed by atoms with Crippen molar-refractivity contribution in [3.8, 4) is 16.9 Å². The van der Waals surface area contributed by atoms with Crippen LogP contribution in [0.3, 0.4) is 0 Å². The molecule has 10 nitrogen and oxygen atoms in total. The lowest BCUT2D eigenvalue weighted by Crippen LogP contribution is -2.46. The van der Waals surface area contributed by atoms with Crippen LogP contribution in [-0.4, -0.2) is 51.2 Å². The second kappa shape index (κ2) is 13.1. The fourth-order valence-corrected chi connectivity index (χ4v) is 7.72. The number of carbonyl (C=O) groups is 1. The first-order valence-electron chi connectivity index (χ1n) is 16.4. The minimum atomic E-state index is -3.07. The van der Waals surface area contributed by atoms with Crippen molar-refractivity contribution in [3.05, 3.63) is 71.6 Å². The Hall–Kier alpha value is -3.94. The van der Waals surface area contributed by atoms with Crippen molar-refractivity contribution in [1.29, 1.82) is 0 Å². The summed E-state index contributed by atoms with van der Waals surface area (Å²) >= 11 is 0. The molecule has 2 atom stereocenters. The van der Waals surface area contributed by atoms with E-state index in [1.807, 2.05) is 36.6 Å². The van der Waals surface area contributed by atoms with Crippen LogP contribution >= 0.6 is 0 Å². The molecule has 1 aliphatic rings. The number of nitrogens with zero attached hydrogens (tertiary/aromatic N) is 4. The van der Waals surface area contributed by atoms with Crippen LogP contribution in [0, 0.1) is 0 Å². The topological polar surface area (TPSA) is 121 Å². The third-order valence-electron chi connectivity index (χ3n) is 9.21. The van der Waals surface area contributed by atoms with Gasteiger partial charge in [0, 0.05) is 29.9 Å². The quantitative estimate of drug-likeness (QED) is 0.168. The summed E-state index contributed by atoms with van der Waals surface area (Å²) in [5, 5.41) is 13.2. The number of hydrogen-bond donors (Lipinski definition) is 2. The number of alkyl carbamates (subject to hydrolysis) is 1. The number of aliphatic hydroxyl groups excluding tert-OH is 1. The molecule has 49 heavy (non-hydrogen) atoms. The van der Waals surface area contributed by atoms with Crippen LogP contribution in [0.25, 0.3) is 22.2 Å². The van der Waals surface area contributed by atoms with Crippen molar-refractivity contribution < 1.29 is 32.6 Å². The van der Waals surface area contributed by atoms with Gasteiger partial charge in [-0.05, 0) is 82.1 Å². The van der Waals surface area contributed by atoms with Gasteiger partial charge in [-0.15, -0.1) is 0 Å². The van der Waals surface area contributed by atoms with Gasteiger partial charge in [-0.3, -0.25) is 0 Å². The van der Waals surface area contributed by atoms with Gasteiger partial charge in [0.25, 0.3) is 0 Å². The molecular formula is C36H47F2N5O5Si. The second-order valence-corrected chi connectivity index (χ2v) is 20.3. The lowest BCUT2D eigenvalue weighted by Gasteiger charge is -2.42. The summed E-state index contributed by atoms with van der Waals surface area (Å²) in [5.41, 5.74) is 2.30. The Morgan fingerprint density at radius 1 is 1.04 bits per heavy atom. The minimum Gasteiger partial charge on any atom is -0.444 e. The number of fused-ring (bicyclic) bond motifs is 3. The molecule has 1 unspecified atom stereocenters. The fourth-order valence-electron chi connectivity index (χ4n) is 6.05. The molecule has 3 heterocycles. The van der Waals surface area contributed by atoms with Gasteiger partial charge in [0.1, 0.15) is 22.8 Å². The van der Waals surface area contributed by atoms with Gasteiger partial charge in [-0.25, -0.2) is 19.7 Å². The Labute approximate surface area is 287 Å². The SMILES string of the molecule is CC(C)(C)OC(=O)N[C@@H]1CC(c2c(CO)cccc2OC(F)F)n2c1nc1ccc(-c3cnc(C(C)(C)O[Si](C)(C)C(C)(C)C)nc3)cc12. The molecule has 2 N–H and O–H groups in total. The molecule has 0 spiro atoms. The first-order chi connectivity index (χ1) is 22.7. The van der Waals surface area contributed by atoms with Gasteiger partial charge >= 0.3 is 12.7 Å². The maximum Gasteiger partial charge on any atom is 0.408 e. The number of rotatable bonds is 9. The predicted molar refractivity (Wildman–Crippen MR) is 186 cm³/mol. The smallest absolute Gasteiger partial charge is 0.408 e. The molecule has 4 aromatic rings. The normalized spacial score (nSPS) is 17.0. The molecule has 264 valence electrons. The van der Waals surface area contributed by atoms with Crippen LogP contribution in [0.4, 0.5) is 13.6 Å². The minimum absolute atomic E-state index is 0.0223. The number of hydrogen-bond acceptors (Lipinski definition) is 8. The van der Waals surface area contributed by atoms with Crippen LogP contribution in [0.15, 0.2) is 48.8 Å². The summed E-state index contributed by atoms with van der Waals surface area (Å²) in [5.74, 6) is 1.05. The van der Waals surface area contributed by atoms with E-state index in [1.165, 1.54) is 6.07 Å². The number of amides is 1. The van der Waals surface area contributed by atoms with Crippen LogP contribution in [0.5, 0.6) is 5.75 Å². The first-order valence-corrected chi connectivity index (χ1v) is 19.3. The number of aromatic nitrogens is 4. The molecule has 0 fully saturated rings. The fraction of sp³-hybridized carbons (Fsp3) is 0.500. The highest BCUT2D eigenvalue weighted by molar-refractivity contribution is 6.74. The lowest BCUT2D eigenvalue weighted by atomic mass is 9.96. The van der Waals surface area contributed by atoms with Crippen LogP contribution in [-0.2, 0) is 21.4 Å². The zero-order valence-electron chi connectivity index (χ0n) is 29.9. The van der Waals surface area contributed by atoms with Gasteiger partial charge in [0.15, 0.2) is 14.1 Å². The molecule has 1 amide bonds. The van der Waals surface area contributed by atoms with E-state index in [-0.39, 0.29) is 17.2 Å². The van der Waals surface area contributed by atoms with E-state index in [4.69, 9.17) is 28.9 Å². The Bertz CT molecular complexity index is 1830. The third-order valence-corrected chi connectivity index (χ3v) is 13.8. The number of alkyl halides is 2. The molecule has 0 saturated heterocycles. The number of imidazole rings is 1. The lowest BCUT2D eigenvalue weighted by molar-refractivity contribution is -0.0508. The van der Waals surface area contributed by atoms with E-state index in [0.717, 1.165) is 11.1 Å². The number of ether oxygens (including phenoxy) is 2. The van der Waals surface area contributed by atoms with Crippen LogP contribution < -0.4 is 10.1 Å². The van der Waals surface area contributed by atoms with E-state index < -0.39 is 50.9 Å². The number of nitrogens with one attached hydrogen (secondary N) is 1. The summed E-state index contributed by atoms with van der Waals surface area (Å²) in [6.07, 6.45) is 3.16. The summed E-state index contributed by atoms with van der Waals surface area (Å²) in [4.78, 5) is 27.2. The van der Waals surface area contributed by atoms with Crippen molar-refractivity contribution in [1.82, 2.24) is 24.8 Å². The summed E-state index contributed by atoms with van der Waals surface area (Å²) in [6.45, 7) is 16.8. The van der Waals surface area contributed by atoms with Crippen molar-refractivity contribution in [2.75, 3.05) is 0 Å². The molecule has 1 aliphatic heterocycles. The Morgan fingerprint density at radius 3 is 2.31 bits per heavy atom. The van der Waals surface area contributed by atoms with Crippen LogP contribution in [0.2, 0.25) is 18.1 Å². The van der Waals surface area contributed by atoms with Gasteiger partial charge in [-0.2, -0.15) is 8.78 Å². The number of aliphatic hydroxyl groups is 1. The maximum atomic E-state index is 13.6. The highest BCUT2D eigenvalue weighted by atomic mass is 28.4. The first kappa shape index (κ1) is 36.3. The van der Waals surface area contributed by atoms with E-state index in [2.05, 4.69) is 39.2 Å². The summed E-state index contributed by atoms with van der Waals surface area (Å²) in [6, 6.07) is 9.18. The molecule has 2 aromatic heterocycles. The highest BCUT2D eigenvalue weighted by Crippen LogP contribution is 2.46. The molecule has 0 aliphatic carbocycles. The van der Waals surface area contributed by atoms with Crippen molar-refractivity contribution in [2.45, 2.75) is 116 Å². The molecule has 0 radical (unpaired) electrons. The van der Waals surface area contributed by atoms with E-state index in [1.54, 1.807) is 45.3 Å². The third kappa shape index (κ3) is 7.63. The highest BCUT2D eigenvalue weighted by Gasteiger charge is 2.43. The molecule has 13 heteroatoms. The van der Waals surface area contributed by atoms with Gasteiger partial charge < -0.3 is 28.9 Å². The Balaban J connectivity index is 1.58. The molecule has 2 aromatic carbocycles. The monoisotopic (exact) mass is 695 g/mol. The molecule has 0 bridgehead atoms. The van der Waals surface area contributed by atoms with Gasteiger partial charge in [0.05, 0.1) is 29.7 Å². The molecular weight excluding hydrogens is 649 g/mol. The number of carbonyl (C=O) groups excluding carboxylic acids is 1. The number of benzene rings is 2. The summed E-state index contributed by atoms with van der Waals surface area (Å²) in [7, 11) is -2.11. The van der Waals surface area contributed by atoms with Gasteiger partial charge in [-0.1, -0.05) is 39.0 Å².